The Kier molecular flexibility index (Phi) is 5.06. The second kappa shape index (κ2) is 7.96. The van der Waals surface area contributed by atoms with Gasteiger partial charge in [0.15, 0.2) is 5.58 Å². The monoisotopic (exact) mass is 372 g/mol. The van der Waals surface area contributed by atoms with Crippen molar-refractivity contribution in [1.82, 2.24) is 9.88 Å². The van der Waals surface area contributed by atoms with E-state index in [0.717, 1.165) is 11.1 Å². The Bertz CT molecular complexity index is 1090. The zero-order valence-corrected chi connectivity index (χ0v) is 15.2. The van der Waals surface area contributed by atoms with Gasteiger partial charge in [0, 0.05) is 13.0 Å². The summed E-state index contributed by atoms with van der Waals surface area (Å²) < 4.78 is 6.72. The fourth-order valence-corrected chi connectivity index (χ4v) is 3.32. The van der Waals surface area contributed by atoms with Gasteiger partial charge in [-0.3, -0.25) is 9.36 Å². The summed E-state index contributed by atoms with van der Waals surface area (Å²) in [5.41, 5.74) is 3.24. The topological polar surface area (TPSA) is 64.2 Å². The lowest BCUT2D eigenvalue weighted by atomic mass is 9.98. The van der Waals surface area contributed by atoms with Crippen LogP contribution < -0.4 is 11.1 Å². The third-order valence-electron chi connectivity index (χ3n) is 4.71. The molecule has 28 heavy (non-hydrogen) atoms. The summed E-state index contributed by atoms with van der Waals surface area (Å²) in [4.78, 5) is 24.8. The summed E-state index contributed by atoms with van der Waals surface area (Å²) in [5, 5.41) is 3.09. The molecule has 0 bridgehead atoms. The molecule has 5 nitrogen and oxygen atoms in total. The van der Waals surface area contributed by atoms with Crippen molar-refractivity contribution in [2.75, 3.05) is 0 Å². The quantitative estimate of drug-likeness (QED) is 0.558. The lowest BCUT2D eigenvalue weighted by molar-refractivity contribution is -0.121. The van der Waals surface area contributed by atoms with Gasteiger partial charge in [0.05, 0.1) is 11.6 Å². The Morgan fingerprint density at radius 1 is 0.857 bits per heavy atom. The van der Waals surface area contributed by atoms with E-state index in [4.69, 9.17) is 4.42 Å². The predicted octanol–water partition coefficient (Wildman–Crippen LogP) is 3.89. The van der Waals surface area contributed by atoms with Crippen molar-refractivity contribution in [2.45, 2.75) is 19.0 Å². The first kappa shape index (κ1) is 17.8. The van der Waals surface area contributed by atoms with E-state index in [9.17, 15) is 9.59 Å². The molecule has 1 amide bonds. The van der Waals surface area contributed by atoms with Crippen molar-refractivity contribution in [3.05, 3.63) is 107 Å². The van der Waals surface area contributed by atoms with E-state index in [0.29, 0.717) is 11.1 Å². The van der Waals surface area contributed by atoms with Gasteiger partial charge < -0.3 is 9.73 Å². The molecule has 0 fully saturated rings. The highest BCUT2D eigenvalue weighted by Crippen LogP contribution is 2.22. The zero-order valence-electron chi connectivity index (χ0n) is 15.2. The van der Waals surface area contributed by atoms with Gasteiger partial charge in [0.25, 0.3) is 0 Å². The SMILES string of the molecule is O=C(CCn1c(=O)oc2ccccc21)NC(c1ccccc1)c1ccccc1. The normalized spacial score (nSPS) is 11.0. The van der Waals surface area contributed by atoms with Crippen molar-refractivity contribution in [1.29, 1.82) is 0 Å². The highest BCUT2D eigenvalue weighted by atomic mass is 16.4. The summed E-state index contributed by atoms with van der Waals surface area (Å²) in [6, 6.07) is 26.6. The van der Waals surface area contributed by atoms with Gasteiger partial charge in [-0.1, -0.05) is 72.8 Å². The van der Waals surface area contributed by atoms with Gasteiger partial charge in [-0.25, -0.2) is 4.79 Å². The summed E-state index contributed by atoms with van der Waals surface area (Å²) in [5.74, 6) is -0.577. The molecule has 5 heteroatoms. The van der Waals surface area contributed by atoms with Crippen LogP contribution in [0.25, 0.3) is 11.1 Å². The van der Waals surface area contributed by atoms with Crippen LogP contribution in [0.1, 0.15) is 23.6 Å². The van der Waals surface area contributed by atoms with Crippen molar-refractivity contribution < 1.29 is 9.21 Å². The number of aromatic nitrogens is 1. The molecule has 0 atom stereocenters. The van der Waals surface area contributed by atoms with E-state index >= 15 is 0 Å². The molecule has 3 aromatic carbocycles. The van der Waals surface area contributed by atoms with Crippen LogP contribution in [-0.4, -0.2) is 10.5 Å². The maximum absolute atomic E-state index is 12.7. The van der Waals surface area contributed by atoms with Gasteiger partial charge >= 0.3 is 5.76 Å². The van der Waals surface area contributed by atoms with E-state index in [-0.39, 0.29) is 24.9 Å². The van der Waals surface area contributed by atoms with Crippen molar-refractivity contribution >= 4 is 17.0 Å². The smallest absolute Gasteiger partial charge is 0.408 e. The first-order valence-corrected chi connectivity index (χ1v) is 9.20. The molecule has 4 aromatic rings. The van der Waals surface area contributed by atoms with E-state index in [1.807, 2.05) is 78.9 Å². The molecule has 0 aliphatic rings. The molecule has 0 unspecified atom stereocenters. The molecule has 4 rings (SSSR count). The molecular formula is C23H20N2O3. The van der Waals surface area contributed by atoms with E-state index in [1.165, 1.54) is 4.57 Å². The number of para-hydroxylation sites is 2. The van der Waals surface area contributed by atoms with Gasteiger partial charge in [-0.05, 0) is 23.3 Å². The maximum Gasteiger partial charge on any atom is 0.419 e. The average Bonchev–Trinajstić information content (AvgIpc) is 3.06. The third kappa shape index (κ3) is 3.74. The number of fused-ring (bicyclic) bond motifs is 1. The van der Waals surface area contributed by atoms with Crippen LogP contribution in [-0.2, 0) is 11.3 Å². The Labute approximate surface area is 162 Å². The molecule has 0 aliphatic carbocycles. The number of amides is 1. The summed E-state index contributed by atoms with van der Waals surface area (Å²) in [7, 11) is 0. The Morgan fingerprint density at radius 3 is 2.07 bits per heavy atom. The fraction of sp³-hybridized carbons (Fsp3) is 0.130. The number of carbonyl (C=O) groups excluding carboxylic acids is 1. The highest BCUT2D eigenvalue weighted by molar-refractivity contribution is 5.77. The first-order valence-electron chi connectivity index (χ1n) is 9.20. The minimum absolute atomic E-state index is 0.130. The summed E-state index contributed by atoms with van der Waals surface area (Å²) in [6.07, 6.45) is 0.180. The third-order valence-corrected chi connectivity index (χ3v) is 4.71. The lowest BCUT2D eigenvalue weighted by Crippen LogP contribution is -2.30. The van der Waals surface area contributed by atoms with Gasteiger partial charge in [0.2, 0.25) is 5.91 Å². The molecule has 1 aromatic heterocycles. The van der Waals surface area contributed by atoms with Crippen molar-refractivity contribution in [2.24, 2.45) is 0 Å². The van der Waals surface area contributed by atoms with Crippen molar-refractivity contribution in [3.8, 4) is 0 Å². The minimum atomic E-state index is -0.448. The second-order valence-electron chi connectivity index (χ2n) is 6.56. The van der Waals surface area contributed by atoms with Crippen LogP contribution in [0.2, 0.25) is 0 Å². The number of benzene rings is 3. The molecule has 0 radical (unpaired) electrons. The van der Waals surface area contributed by atoms with E-state index < -0.39 is 5.76 Å². The van der Waals surface area contributed by atoms with E-state index in [2.05, 4.69) is 5.32 Å². The number of hydrogen-bond donors (Lipinski definition) is 1. The van der Waals surface area contributed by atoms with Crippen LogP contribution >= 0.6 is 0 Å². The highest BCUT2D eigenvalue weighted by Gasteiger charge is 2.17. The van der Waals surface area contributed by atoms with Gasteiger partial charge in [0.1, 0.15) is 0 Å². The van der Waals surface area contributed by atoms with Crippen molar-refractivity contribution in [3.63, 3.8) is 0 Å². The number of nitrogens with zero attached hydrogens (tertiary/aromatic N) is 1. The first-order chi connectivity index (χ1) is 13.7. The molecule has 140 valence electrons. The van der Waals surface area contributed by atoms with Gasteiger partial charge in [-0.2, -0.15) is 0 Å². The standard InChI is InChI=1S/C23H20N2O3/c26-21(15-16-25-19-13-7-8-14-20(19)28-23(25)27)24-22(17-9-3-1-4-10-17)18-11-5-2-6-12-18/h1-14,22H,15-16H2,(H,24,26). The van der Waals surface area contributed by atoms with Crippen LogP contribution in [0.4, 0.5) is 0 Å². The number of rotatable bonds is 6. The number of hydrogen-bond acceptors (Lipinski definition) is 3. The molecule has 0 saturated heterocycles. The minimum Gasteiger partial charge on any atom is -0.408 e. The second-order valence-corrected chi connectivity index (χ2v) is 6.56. The number of aryl methyl sites for hydroxylation is 1. The van der Waals surface area contributed by atoms with E-state index in [1.54, 1.807) is 6.07 Å². The molecular weight excluding hydrogens is 352 g/mol. The molecule has 1 heterocycles. The molecule has 0 saturated carbocycles. The number of carbonyl (C=O) groups is 1. The summed E-state index contributed by atoms with van der Waals surface area (Å²) in [6.45, 7) is 0.262. The molecule has 0 spiro atoms. The predicted molar refractivity (Wildman–Crippen MR) is 108 cm³/mol. The number of nitrogens with one attached hydrogen (secondary N) is 1. The van der Waals surface area contributed by atoms with Gasteiger partial charge in [-0.15, -0.1) is 0 Å². The largest absolute Gasteiger partial charge is 0.419 e. The van der Waals surface area contributed by atoms with Crippen LogP contribution in [0.15, 0.2) is 94.1 Å². The van der Waals surface area contributed by atoms with Crippen LogP contribution in [0.3, 0.4) is 0 Å². The summed E-state index contributed by atoms with van der Waals surface area (Å²) >= 11 is 0. The Morgan fingerprint density at radius 2 is 1.43 bits per heavy atom. The van der Waals surface area contributed by atoms with Crippen LogP contribution in [0, 0.1) is 0 Å². The molecule has 0 aliphatic heterocycles. The average molecular weight is 372 g/mol. The Balaban J connectivity index is 1.52. The zero-order chi connectivity index (χ0) is 19.3. The lowest BCUT2D eigenvalue weighted by Gasteiger charge is -2.20. The Hall–Kier alpha value is -3.60. The maximum atomic E-state index is 12.7. The molecule has 1 N–H and O–H groups in total. The van der Waals surface area contributed by atoms with Crippen LogP contribution in [0.5, 0.6) is 0 Å². The fourth-order valence-electron chi connectivity index (χ4n) is 3.32. The number of oxazole rings is 1.